The lowest BCUT2D eigenvalue weighted by molar-refractivity contribution is 0.666. The van der Waals surface area contributed by atoms with Gasteiger partial charge in [0.25, 0.3) is 0 Å². The van der Waals surface area contributed by atoms with Crippen molar-refractivity contribution in [2.75, 3.05) is 4.90 Å². The molecule has 0 bridgehead atoms. The maximum Gasteiger partial charge on any atom is 0.0674 e. The van der Waals surface area contributed by atoms with Gasteiger partial charge in [0.2, 0.25) is 0 Å². The van der Waals surface area contributed by atoms with Crippen LogP contribution in [0.25, 0.3) is 43.8 Å². The van der Waals surface area contributed by atoms with Crippen molar-refractivity contribution in [1.82, 2.24) is 0 Å². The fraction of sp³-hybridized carbons (Fsp3) is 0.100. The second-order valence-corrected chi connectivity index (χ2v) is 17.5. The number of benzene rings is 9. The van der Waals surface area contributed by atoms with Crippen molar-refractivity contribution in [1.29, 1.82) is 0 Å². The minimum absolute atomic E-state index is 0.132. The maximum atomic E-state index is 2.48. The third-order valence-corrected chi connectivity index (χ3v) is 14.1. The maximum absolute atomic E-state index is 2.48. The van der Waals surface area contributed by atoms with Crippen LogP contribution in [0, 0.1) is 0 Å². The lowest BCUT2D eigenvalue weighted by atomic mass is 9.66. The molecule has 0 aliphatic heterocycles. The first-order valence-electron chi connectivity index (χ1n) is 21.7. The van der Waals surface area contributed by atoms with Crippen molar-refractivity contribution in [3.63, 3.8) is 0 Å². The third-order valence-electron chi connectivity index (χ3n) is 14.1. The van der Waals surface area contributed by atoms with Gasteiger partial charge in [0.1, 0.15) is 0 Å². The topological polar surface area (TPSA) is 3.24 Å². The SMILES string of the molecule is CC1(C)c2ccccc2-c2c(-c3ccc(N(c4ccccc4)c4cccc(C5(c6ccccc6)C6=CC=CCC6c6ccccc65)c4)c4ccccc34)cc3ccccc3c21. The quantitative estimate of drug-likeness (QED) is 0.162. The van der Waals surface area contributed by atoms with E-state index in [1.54, 1.807) is 0 Å². The molecule has 0 radical (unpaired) electrons. The molecule has 1 nitrogen and oxygen atoms in total. The van der Waals surface area contributed by atoms with Crippen LogP contribution in [-0.4, -0.2) is 0 Å². The number of rotatable bonds is 6. The van der Waals surface area contributed by atoms with Gasteiger partial charge in [0.05, 0.1) is 11.1 Å². The van der Waals surface area contributed by atoms with E-state index in [0.717, 1.165) is 23.5 Å². The number of allylic oxidation sites excluding steroid dienone is 4. The number of nitrogens with zero attached hydrogens (tertiary/aromatic N) is 1. The summed E-state index contributed by atoms with van der Waals surface area (Å²) in [6.45, 7) is 4.80. The Morgan fingerprint density at radius 3 is 1.98 bits per heavy atom. The van der Waals surface area contributed by atoms with E-state index in [4.69, 9.17) is 0 Å². The predicted molar refractivity (Wildman–Crippen MR) is 256 cm³/mol. The largest absolute Gasteiger partial charge is 0.310 e. The molecule has 3 aliphatic rings. The molecule has 0 fully saturated rings. The first-order valence-corrected chi connectivity index (χ1v) is 21.7. The third kappa shape index (κ3) is 5.14. The minimum atomic E-state index is -0.432. The molecule has 1 heteroatoms. The monoisotopic (exact) mass is 779 g/mol. The summed E-state index contributed by atoms with van der Waals surface area (Å²) in [5, 5.41) is 5.07. The highest BCUT2D eigenvalue weighted by molar-refractivity contribution is 6.12. The molecular formula is C60H45N. The Morgan fingerprint density at radius 2 is 1.15 bits per heavy atom. The summed E-state index contributed by atoms with van der Waals surface area (Å²) in [5.74, 6) is 0.334. The van der Waals surface area contributed by atoms with Crippen LogP contribution >= 0.6 is 0 Å². The summed E-state index contributed by atoms with van der Waals surface area (Å²) in [6.07, 6.45) is 8.01. The number of anilines is 3. The summed E-state index contributed by atoms with van der Waals surface area (Å²) in [4.78, 5) is 2.48. The van der Waals surface area contributed by atoms with E-state index >= 15 is 0 Å². The summed E-state index contributed by atoms with van der Waals surface area (Å²) < 4.78 is 0. The molecule has 61 heavy (non-hydrogen) atoms. The van der Waals surface area contributed by atoms with Gasteiger partial charge in [-0.2, -0.15) is 0 Å². The van der Waals surface area contributed by atoms with Crippen LogP contribution in [0.1, 0.15) is 59.6 Å². The molecule has 9 aromatic rings. The molecule has 9 aromatic carbocycles. The van der Waals surface area contributed by atoms with Crippen molar-refractivity contribution in [2.45, 2.75) is 37.0 Å². The fourth-order valence-corrected chi connectivity index (χ4v) is 11.6. The van der Waals surface area contributed by atoms with Gasteiger partial charge in [0, 0.05) is 28.1 Å². The summed E-state index contributed by atoms with van der Waals surface area (Å²) in [7, 11) is 0. The fourth-order valence-electron chi connectivity index (χ4n) is 11.6. The average molecular weight is 780 g/mol. The summed E-state index contributed by atoms with van der Waals surface area (Å²) in [5.41, 5.74) is 17.7. The Kier molecular flexibility index (Phi) is 7.99. The molecule has 0 N–H and O–H groups in total. The molecule has 0 aromatic heterocycles. The smallest absolute Gasteiger partial charge is 0.0674 e. The van der Waals surface area contributed by atoms with Crippen LogP contribution in [0.3, 0.4) is 0 Å². The van der Waals surface area contributed by atoms with Gasteiger partial charge in [-0.1, -0.05) is 196 Å². The average Bonchev–Trinajstić information content (AvgIpc) is 3.76. The zero-order valence-corrected chi connectivity index (χ0v) is 34.5. The van der Waals surface area contributed by atoms with Crippen LogP contribution in [0.15, 0.2) is 224 Å². The second-order valence-electron chi connectivity index (χ2n) is 17.5. The highest BCUT2D eigenvalue weighted by Crippen LogP contribution is 2.60. The van der Waals surface area contributed by atoms with Crippen molar-refractivity contribution in [3.05, 3.63) is 257 Å². The van der Waals surface area contributed by atoms with Crippen molar-refractivity contribution in [3.8, 4) is 22.3 Å². The van der Waals surface area contributed by atoms with Crippen molar-refractivity contribution in [2.24, 2.45) is 0 Å². The number of hydrogen-bond donors (Lipinski definition) is 0. The lowest BCUT2D eigenvalue weighted by Gasteiger charge is -2.37. The van der Waals surface area contributed by atoms with Gasteiger partial charge in [-0.05, 0) is 120 Å². The molecule has 2 unspecified atom stereocenters. The first kappa shape index (κ1) is 35.7. The molecule has 0 amide bonds. The molecule has 0 spiro atoms. The molecule has 0 saturated carbocycles. The molecular weight excluding hydrogens is 735 g/mol. The Labute approximate surface area is 358 Å². The normalized spacial score (nSPS) is 18.0. The lowest BCUT2D eigenvalue weighted by Crippen LogP contribution is -2.30. The zero-order chi connectivity index (χ0) is 40.7. The zero-order valence-electron chi connectivity index (χ0n) is 34.5. The van der Waals surface area contributed by atoms with Crippen LogP contribution in [0.5, 0.6) is 0 Å². The molecule has 2 atom stereocenters. The van der Waals surface area contributed by atoms with E-state index in [1.807, 2.05) is 0 Å². The summed E-state index contributed by atoms with van der Waals surface area (Å²) in [6, 6.07) is 74.9. The van der Waals surface area contributed by atoms with Crippen molar-refractivity contribution < 1.29 is 0 Å². The van der Waals surface area contributed by atoms with Gasteiger partial charge in [-0.25, -0.2) is 0 Å². The number of fused-ring (bicyclic) bond motifs is 9. The second kappa shape index (κ2) is 13.7. The Morgan fingerprint density at radius 1 is 0.492 bits per heavy atom. The van der Waals surface area contributed by atoms with E-state index < -0.39 is 5.41 Å². The van der Waals surface area contributed by atoms with Gasteiger partial charge < -0.3 is 4.90 Å². The highest BCUT2D eigenvalue weighted by atomic mass is 15.1. The van der Waals surface area contributed by atoms with Crippen LogP contribution in [-0.2, 0) is 10.8 Å². The molecule has 12 rings (SSSR count). The summed E-state index contributed by atoms with van der Waals surface area (Å²) >= 11 is 0. The van der Waals surface area contributed by atoms with Crippen LogP contribution < -0.4 is 4.90 Å². The van der Waals surface area contributed by atoms with E-state index in [0.29, 0.717) is 5.92 Å². The van der Waals surface area contributed by atoms with E-state index in [2.05, 4.69) is 237 Å². The van der Waals surface area contributed by atoms with E-state index in [-0.39, 0.29) is 5.41 Å². The van der Waals surface area contributed by atoms with Crippen molar-refractivity contribution >= 4 is 38.6 Å². The highest BCUT2D eigenvalue weighted by Gasteiger charge is 2.50. The Bertz CT molecular complexity index is 3260. The molecule has 290 valence electrons. The molecule has 0 heterocycles. The molecule has 3 aliphatic carbocycles. The Balaban J connectivity index is 1.10. The number of para-hydroxylation sites is 1. The molecule has 0 saturated heterocycles. The van der Waals surface area contributed by atoms with Gasteiger partial charge in [0.15, 0.2) is 0 Å². The minimum Gasteiger partial charge on any atom is -0.310 e. The van der Waals surface area contributed by atoms with Gasteiger partial charge in [-0.15, -0.1) is 0 Å². The predicted octanol–water partition coefficient (Wildman–Crippen LogP) is 15.8. The Hall–Kier alpha value is -7.22. The number of hydrogen-bond acceptors (Lipinski definition) is 1. The van der Waals surface area contributed by atoms with Gasteiger partial charge >= 0.3 is 0 Å². The standard InChI is InChI=1S/C60H45N/c1-59(2)53-33-16-15-32-51(53)57-52(38-40-20-9-10-27-45(40)58(57)59)47-36-37-56(50-31-12-11-28-46(47)50)61(43-24-7-4-8-25-43)44-26-19-23-42(39-44)60(41-21-5-3-6-22-41)54-34-17-13-29-48(54)49-30-14-18-35-55(49)60/h3-29,31-39,49H,30H2,1-2H3. The van der Waals surface area contributed by atoms with Crippen LogP contribution in [0.2, 0.25) is 0 Å². The van der Waals surface area contributed by atoms with Crippen LogP contribution in [0.4, 0.5) is 17.1 Å². The van der Waals surface area contributed by atoms with E-state index in [9.17, 15) is 0 Å². The first-order chi connectivity index (χ1) is 30.0. The van der Waals surface area contributed by atoms with Gasteiger partial charge in [-0.3, -0.25) is 0 Å². The van der Waals surface area contributed by atoms with E-state index in [1.165, 1.54) is 82.8 Å².